The van der Waals surface area contributed by atoms with E-state index < -0.39 is 17.7 Å². The molecular weight excluding hydrogens is 297 g/mol. The van der Waals surface area contributed by atoms with Crippen LogP contribution < -0.4 is 4.74 Å². The smallest absolute Gasteiger partial charge is 0.416 e. The highest BCUT2D eigenvalue weighted by Gasteiger charge is 2.30. The van der Waals surface area contributed by atoms with Crippen LogP contribution in [0.4, 0.5) is 13.2 Å². The molecule has 3 nitrogen and oxygen atoms in total. The lowest BCUT2D eigenvalue weighted by atomic mass is 10.1. The SMILES string of the molecule is Cc1ccc(COc2cccc(C(F)(F)F)c2)c(C(=O)O)c1. The Morgan fingerprint density at radius 2 is 1.91 bits per heavy atom. The van der Waals surface area contributed by atoms with E-state index in [4.69, 9.17) is 9.84 Å². The van der Waals surface area contributed by atoms with Crippen LogP contribution in [0, 0.1) is 6.92 Å². The van der Waals surface area contributed by atoms with Crippen molar-refractivity contribution in [1.82, 2.24) is 0 Å². The van der Waals surface area contributed by atoms with Crippen LogP contribution in [0.3, 0.4) is 0 Å². The highest BCUT2D eigenvalue weighted by atomic mass is 19.4. The lowest BCUT2D eigenvalue weighted by Gasteiger charge is -2.12. The van der Waals surface area contributed by atoms with Crippen molar-refractivity contribution < 1.29 is 27.8 Å². The van der Waals surface area contributed by atoms with Gasteiger partial charge in [0.25, 0.3) is 0 Å². The minimum absolute atomic E-state index is 0.0340. The van der Waals surface area contributed by atoms with E-state index in [1.54, 1.807) is 19.1 Å². The zero-order valence-corrected chi connectivity index (χ0v) is 11.6. The molecule has 0 saturated heterocycles. The van der Waals surface area contributed by atoms with Crippen LogP contribution in [0.15, 0.2) is 42.5 Å². The molecule has 0 radical (unpaired) electrons. The molecule has 0 aliphatic carbocycles. The van der Waals surface area contributed by atoms with Crippen LogP contribution in [0.25, 0.3) is 0 Å². The van der Waals surface area contributed by atoms with Crippen LogP contribution in [0.2, 0.25) is 0 Å². The fourth-order valence-corrected chi connectivity index (χ4v) is 1.94. The van der Waals surface area contributed by atoms with Gasteiger partial charge >= 0.3 is 12.1 Å². The van der Waals surface area contributed by atoms with Gasteiger partial charge in [-0.25, -0.2) is 4.79 Å². The molecule has 0 heterocycles. The molecule has 2 rings (SSSR count). The number of ether oxygens (including phenoxy) is 1. The summed E-state index contributed by atoms with van der Waals surface area (Å²) in [5.74, 6) is -1.07. The molecule has 0 saturated carbocycles. The molecule has 0 unspecified atom stereocenters. The first-order valence-corrected chi connectivity index (χ1v) is 6.40. The van der Waals surface area contributed by atoms with Crippen molar-refractivity contribution in [3.8, 4) is 5.75 Å². The number of carboxylic acids is 1. The van der Waals surface area contributed by atoms with Gasteiger partial charge in [-0.2, -0.15) is 13.2 Å². The topological polar surface area (TPSA) is 46.5 Å². The number of rotatable bonds is 4. The molecule has 0 aromatic heterocycles. The second-order valence-corrected chi connectivity index (χ2v) is 4.78. The van der Waals surface area contributed by atoms with Crippen LogP contribution in [0.5, 0.6) is 5.75 Å². The Morgan fingerprint density at radius 3 is 2.55 bits per heavy atom. The van der Waals surface area contributed by atoms with Crippen molar-refractivity contribution in [1.29, 1.82) is 0 Å². The molecular formula is C16H13F3O3. The van der Waals surface area contributed by atoms with Gasteiger partial charge in [0, 0.05) is 5.56 Å². The number of alkyl halides is 3. The number of halogens is 3. The van der Waals surface area contributed by atoms with E-state index in [0.29, 0.717) is 5.56 Å². The number of hydrogen-bond donors (Lipinski definition) is 1. The van der Waals surface area contributed by atoms with Crippen molar-refractivity contribution in [2.45, 2.75) is 19.7 Å². The molecule has 0 aliphatic heterocycles. The average molecular weight is 310 g/mol. The largest absolute Gasteiger partial charge is 0.489 e. The van der Waals surface area contributed by atoms with Gasteiger partial charge in [0.2, 0.25) is 0 Å². The maximum Gasteiger partial charge on any atom is 0.416 e. The number of benzene rings is 2. The molecule has 2 aromatic carbocycles. The Labute approximate surface area is 125 Å². The van der Waals surface area contributed by atoms with Gasteiger partial charge in [-0.1, -0.05) is 23.8 Å². The predicted molar refractivity (Wildman–Crippen MR) is 73.9 cm³/mol. The van der Waals surface area contributed by atoms with E-state index in [-0.39, 0.29) is 17.9 Å². The average Bonchev–Trinajstić information content (AvgIpc) is 2.45. The van der Waals surface area contributed by atoms with Crippen LogP contribution in [-0.4, -0.2) is 11.1 Å². The first-order chi connectivity index (χ1) is 10.3. The Morgan fingerprint density at radius 1 is 1.18 bits per heavy atom. The van der Waals surface area contributed by atoms with Gasteiger partial charge in [0.15, 0.2) is 0 Å². The van der Waals surface area contributed by atoms with Crippen molar-refractivity contribution in [2.24, 2.45) is 0 Å². The summed E-state index contributed by atoms with van der Waals surface area (Å²) in [6, 6.07) is 9.27. The summed E-state index contributed by atoms with van der Waals surface area (Å²) >= 11 is 0. The molecule has 1 N–H and O–H groups in total. The van der Waals surface area contributed by atoms with Crippen molar-refractivity contribution in [3.63, 3.8) is 0 Å². The molecule has 2 aromatic rings. The second kappa shape index (κ2) is 6.09. The van der Waals surface area contributed by atoms with Crippen molar-refractivity contribution in [3.05, 3.63) is 64.7 Å². The van der Waals surface area contributed by atoms with Gasteiger partial charge in [-0.15, -0.1) is 0 Å². The number of carbonyl (C=O) groups is 1. The number of carboxylic acid groups (broad SMARTS) is 1. The molecule has 0 bridgehead atoms. The number of aromatic carboxylic acids is 1. The summed E-state index contributed by atoms with van der Waals surface area (Å²) in [5, 5.41) is 9.13. The quantitative estimate of drug-likeness (QED) is 0.916. The summed E-state index contributed by atoms with van der Waals surface area (Å²) in [6.07, 6.45) is -4.45. The maximum absolute atomic E-state index is 12.6. The summed E-state index contributed by atoms with van der Waals surface area (Å²) < 4.78 is 43.1. The zero-order chi connectivity index (χ0) is 16.3. The van der Waals surface area contributed by atoms with Crippen LogP contribution in [0.1, 0.15) is 27.0 Å². The fraction of sp³-hybridized carbons (Fsp3) is 0.188. The van der Waals surface area contributed by atoms with Crippen LogP contribution >= 0.6 is 0 Å². The molecule has 0 amide bonds. The summed E-state index contributed by atoms with van der Waals surface area (Å²) in [6.45, 7) is 1.63. The molecule has 0 atom stereocenters. The van der Waals surface area contributed by atoms with E-state index in [2.05, 4.69) is 0 Å². The summed E-state index contributed by atoms with van der Waals surface area (Å²) in [7, 11) is 0. The number of aryl methyl sites for hydroxylation is 1. The highest BCUT2D eigenvalue weighted by molar-refractivity contribution is 5.89. The minimum atomic E-state index is -4.45. The Balaban J connectivity index is 2.19. The van der Waals surface area contributed by atoms with E-state index in [0.717, 1.165) is 17.7 Å². The highest BCUT2D eigenvalue weighted by Crippen LogP contribution is 2.31. The fourth-order valence-electron chi connectivity index (χ4n) is 1.94. The third kappa shape index (κ3) is 3.78. The minimum Gasteiger partial charge on any atom is -0.489 e. The molecule has 6 heteroatoms. The predicted octanol–water partition coefficient (Wildman–Crippen LogP) is 4.29. The molecule has 0 aliphatic rings. The van der Waals surface area contributed by atoms with Gasteiger partial charge in [0.05, 0.1) is 11.1 Å². The van der Waals surface area contributed by atoms with Crippen LogP contribution in [-0.2, 0) is 12.8 Å². The third-order valence-electron chi connectivity index (χ3n) is 3.05. The molecule has 0 fully saturated rings. The van der Waals surface area contributed by atoms with E-state index in [1.165, 1.54) is 18.2 Å². The Bertz CT molecular complexity index is 693. The molecule has 0 spiro atoms. The zero-order valence-electron chi connectivity index (χ0n) is 11.6. The van der Waals surface area contributed by atoms with Gasteiger partial charge in [-0.3, -0.25) is 0 Å². The summed E-state index contributed by atoms with van der Waals surface area (Å²) in [4.78, 5) is 11.2. The van der Waals surface area contributed by atoms with Gasteiger partial charge in [0.1, 0.15) is 12.4 Å². The first kappa shape index (κ1) is 15.9. The standard InChI is InChI=1S/C16H13F3O3/c1-10-5-6-11(14(7-10)15(20)21)9-22-13-4-2-3-12(8-13)16(17,18)19/h2-8H,9H2,1H3,(H,20,21). The number of hydrogen-bond acceptors (Lipinski definition) is 2. The van der Waals surface area contributed by atoms with Crippen molar-refractivity contribution >= 4 is 5.97 Å². The molecule has 22 heavy (non-hydrogen) atoms. The second-order valence-electron chi connectivity index (χ2n) is 4.78. The monoisotopic (exact) mass is 310 g/mol. The first-order valence-electron chi connectivity index (χ1n) is 6.40. The van der Waals surface area contributed by atoms with E-state index in [1.807, 2.05) is 0 Å². The van der Waals surface area contributed by atoms with E-state index >= 15 is 0 Å². The maximum atomic E-state index is 12.6. The molecule has 116 valence electrons. The van der Waals surface area contributed by atoms with E-state index in [9.17, 15) is 18.0 Å². The third-order valence-corrected chi connectivity index (χ3v) is 3.05. The lowest BCUT2D eigenvalue weighted by molar-refractivity contribution is -0.137. The Hall–Kier alpha value is -2.50. The summed E-state index contributed by atoms with van der Waals surface area (Å²) in [5.41, 5.74) is 0.440. The normalized spacial score (nSPS) is 11.3. The van der Waals surface area contributed by atoms with Gasteiger partial charge < -0.3 is 9.84 Å². The van der Waals surface area contributed by atoms with Crippen molar-refractivity contribution in [2.75, 3.05) is 0 Å². The lowest BCUT2D eigenvalue weighted by Crippen LogP contribution is -2.07. The van der Waals surface area contributed by atoms with Gasteiger partial charge in [-0.05, 0) is 31.2 Å². The Kier molecular flexibility index (Phi) is 4.40.